The maximum Gasteiger partial charge on any atom is 0.0746 e. The van der Waals surface area contributed by atoms with Crippen LogP contribution >= 0.6 is 11.7 Å². The minimum absolute atomic E-state index is 0.115. The van der Waals surface area contributed by atoms with Crippen LogP contribution < -0.4 is 0 Å². The fourth-order valence-corrected chi connectivity index (χ4v) is 2.41. The summed E-state index contributed by atoms with van der Waals surface area (Å²) in [6, 6.07) is 0. The van der Waals surface area contributed by atoms with Gasteiger partial charge in [-0.25, -0.2) is 0 Å². The second-order valence-corrected chi connectivity index (χ2v) is 4.27. The molecule has 0 radical (unpaired) electrons. The lowest BCUT2D eigenvalue weighted by Crippen LogP contribution is -2.26. The predicted molar refractivity (Wildman–Crippen MR) is 51.6 cm³/mol. The summed E-state index contributed by atoms with van der Waals surface area (Å²) in [6.45, 7) is 0. The molecule has 1 aromatic heterocycles. The summed E-state index contributed by atoms with van der Waals surface area (Å²) >= 11 is 1.25. The summed E-state index contributed by atoms with van der Waals surface area (Å²) in [7, 11) is 0. The lowest BCUT2D eigenvalue weighted by atomic mass is 9.84. The van der Waals surface area contributed by atoms with Gasteiger partial charge in [0.2, 0.25) is 0 Å². The molecule has 0 spiro atoms. The van der Waals surface area contributed by atoms with E-state index in [0.29, 0.717) is 5.92 Å². The van der Waals surface area contributed by atoms with Crippen LogP contribution in [-0.2, 0) is 6.42 Å². The van der Waals surface area contributed by atoms with Crippen molar-refractivity contribution in [2.24, 2.45) is 5.92 Å². The highest BCUT2D eigenvalue weighted by Crippen LogP contribution is 2.26. The largest absolute Gasteiger partial charge is 0.393 e. The lowest BCUT2D eigenvalue weighted by Gasteiger charge is -2.26. The predicted octanol–water partition coefficient (Wildman–Crippen LogP) is 1.63. The molecule has 0 aliphatic heterocycles. The first-order chi connectivity index (χ1) is 6.36. The van der Waals surface area contributed by atoms with E-state index in [4.69, 9.17) is 0 Å². The SMILES string of the molecule is OC1CCCCC1Cc1cnsn1. The van der Waals surface area contributed by atoms with Crippen LogP contribution in [-0.4, -0.2) is 20.0 Å². The number of hydrogen-bond donors (Lipinski definition) is 1. The molecule has 1 N–H and O–H groups in total. The zero-order chi connectivity index (χ0) is 9.10. The highest BCUT2D eigenvalue weighted by Gasteiger charge is 2.23. The molecule has 72 valence electrons. The molecule has 4 heteroatoms. The zero-order valence-corrected chi connectivity index (χ0v) is 8.33. The molecule has 1 aliphatic rings. The van der Waals surface area contributed by atoms with Gasteiger partial charge in [0.25, 0.3) is 0 Å². The van der Waals surface area contributed by atoms with Gasteiger partial charge in [0.05, 0.1) is 29.7 Å². The third-order valence-electron chi connectivity index (χ3n) is 2.75. The lowest BCUT2D eigenvalue weighted by molar-refractivity contribution is 0.0696. The van der Waals surface area contributed by atoms with Crippen molar-refractivity contribution in [1.82, 2.24) is 8.75 Å². The van der Waals surface area contributed by atoms with Crippen LogP contribution in [0, 0.1) is 5.92 Å². The maximum absolute atomic E-state index is 9.72. The van der Waals surface area contributed by atoms with Crippen molar-refractivity contribution in [2.75, 3.05) is 0 Å². The minimum atomic E-state index is -0.115. The van der Waals surface area contributed by atoms with E-state index in [1.54, 1.807) is 0 Å². The van der Waals surface area contributed by atoms with Gasteiger partial charge in [-0.15, -0.1) is 0 Å². The van der Waals surface area contributed by atoms with Crippen LogP contribution in [0.15, 0.2) is 6.20 Å². The van der Waals surface area contributed by atoms with Crippen LogP contribution in [0.2, 0.25) is 0 Å². The molecule has 0 bridgehead atoms. The first-order valence-electron chi connectivity index (χ1n) is 4.81. The summed E-state index contributed by atoms with van der Waals surface area (Å²) in [6.07, 6.45) is 7.12. The van der Waals surface area contributed by atoms with Crippen molar-refractivity contribution in [3.8, 4) is 0 Å². The van der Waals surface area contributed by atoms with E-state index < -0.39 is 0 Å². The second-order valence-electron chi connectivity index (χ2n) is 3.71. The van der Waals surface area contributed by atoms with Crippen molar-refractivity contribution in [1.29, 1.82) is 0 Å². The monoisotopic (exact) mass is 198 g/mol. The Bertz CT molecular complexity index is 250. The van der Waals surface area contributed by atoms with Gasteiger partial charge in [-0.3, -0.25) is 0 Å². The molecule has 2 atom stereocenters. The van der Waals surface area contributed by atoms with Gasteiger partial charge >= 0.3 is 0 Å². The molecular formula is C9H14N2OS. The molecule has 13 heavy (non-hydrogen) atoms. The Morgan fingerprint density at radius 3 is 3.00 bits per heavy atom. The number of rotatable bonds is 2. The van der Waals surface area contributed by atoms with E-state index in [1.165, 1.54) is 24.6 Å². The Morgan fingerprint density at radius 2 is 2.31 bits per heavy atom. The smallest absolute Gasteiger partial charge is 0.0746 e. The van der Waals surface area contributed by atoms with Crippen LogP contribution in [0.1, 0.15) is 31.4 Å². The first kappa shape index (κ1) is 9.09. The summed E-state index contributed by atoms with van der Waals surface area (Å²) in [5, 5.41) is 9.72. The molecule has 1 fully saturated rings. The normalized spacial score (nSPS) is 29.0. The van der Waals surface area contributed by atoms with Crippen LogP contribution in [0.4, 0.5) is 0 Å². The zero-order valence-electron chi connectivity index (χ0n) is 7.52. The molecule has 2 unspecified atom stereocenters. The summed E-state index contributed by atoms with van der Waals surface area (Å²) < 4.78 is 8.13. The molecule has 2 rings (SSSR count). The van der Waals surface area contributed by atoms with E-state index in [2.05, 4.69) is 8.75 Å². The molecule has 0 amide bonds. The Morgan fingerprint density at radius 1 is 1.46 bits per heavy atom. The fraction of sp³-hybridized carbons (Fsp3) is 0.778. The van der Waals surface area contributed by atoms with Crippen LogP contribution in [0.3, 0.4) is 0 Å². The molecule has 3 nitrogen and oxygen atoms in total. The standard InChI is InChI=1S/C9H14N2OS/c12-9-4-2-1-3-7(9)5-8-6-10-13-11-8/h6-7,9,12H,1-5H2. The molecule has 1 aromatic rings. The molecule has 0 saturated heterocycles. The highest BCUT2D eigenvalue weighted by molar-refractivity contribution is 6.99. The highest BCUT2D eigenvalue weighted by atomic mass is 32.1. The van der Waals surface area contributed by atoms with Gasteiger partial charge in [0.1, 0.15) is 0 Å². The van der Waals surface area contributed by atoms with Gasteiger partial charge in [-0.2, -0.15) is 8.75 Å². The minimum Gasteiger partial charge on any atom is -0.393 e. The Balaban J connectivity index is 1.93. The maximum atomic E-state index is 9.72. The molecule has 1 aliphatic carbocycles. The Labute approximate surface area is 82.1 Å². The third-order valence-corrected chi connectivity index (χ3v) is 3.26. The molecule has 1 saturated carbocycles. The summed E-state index contributed by atoms with van der Waals surface area (Å²) in [5.74, 6) is 0.414. The van der Waals surface area contributed by atoms with Crippen molar-refractivity contribution in [3.05, 3.63) is 11.9 Å². The van der Waals surface area contributed by atoms with Gasteiger partial charge in [-0.1, -0.05) is 12.8 Å². The van der Waals surface area contributed by atoms with Gasteiger partial charge in [0.15, 0.2) is 0 Å². The third kappa shape index (κ3) is 2.25. The van der Waals surface area contributed by atoms with E-state index in [1.807, 2.05) is 6.20 Å². The van der Waals surface area contributed by atoms with Gasteiger partial charge in [0, 0.05) is 0 Å². The number of hydrogen-bond acceptors (Lipinski definition) is 4. The molecular weight excluding hydrogens is 184 g/mol. The average Bonchev–Trinajstić information content (AvgIpc) is 2.61. The quantitative estimate of drug-likeness (QED) is 0.785. The van der Waals surface area contributed by atoms with Gasteiger partial charge in [-0.05, 0) is 25.2 Å². The number of aliphatic hydroxyl groups is 1. The first-order valence-corrected chi connectivity index (χ1v) is 5.54. The van der Waals surface area contributed by atoms with Crippen molar-refractivity contribution < 1.29 is 5.11 Å². The summed E-state index contributed by atoms with van der Waals surface area (Å²) in [4.78, 5) is 0. The van der Waals surface area contributed by atoms with Crippen molar-refractivity contribution >= 4 is 11.7 Å². The fourth-order valence-electron chi connectivity index (χ4n) is 1.97. The van der Waals surface area contributed by atoms with E-state index in [-0.39, 0.29) is 6.10 Å². The second kappa shape index (κ2) is 4.15. The Hall–Kier alpha value is -0.480. The number of nitrogens with zero attached hydrogens (tertiary/aromatic N) is 2. The summed E-state index contributed by atoms with van der Waals surface area (Å²) in [5.41, 5.74) is 1.04. The number of aliphatic hydroxyl groups excluding tert-OH is 1. The van der Waals surface area contributed by atoms with Crippen molar-refractivity contribution in [2.45, 2.75) is 38.2 Å². The topological polar surface area (TPSA) is 46.0 Å². The van der Waals surface area contributed by atoms with Crippen LogP contribution in [0.5, 0.6) is 0 Å². The number of aromatic nitrogens is 2. The van der Waals surface area contributed by atoms with E-state index >= 15 is 0 Å². The van der Waals surface area contributed by atoms with Crippen molar-refractivity contribution in [3.63, 3.8) is 0 Å². The molecule has 1 heterocycles. The average molecular weight is 198 g/mol. The Kier molecular flexibility index (Phi) is 2.90. The van der Waals surface area contributed by atoms with E-state index in [0.717, 1.165) is 25.0 Å². The van der Waals surface area contributed by atoms with Crippen LogP contribution in [0.25, 0.3) is 0 Å². The molecule has 0 aromatic carbocycles. The van der Waals surface area contributed by atoms with Gasteiger partial charge < -0.3 is 5.11 Å². The van der Waals surface area contributed by atoms with E-state index in [9.17, 15) is 5.11 Å².